The van der Waals surface area contributed by atoms with Gasteiger partial charge in [-0.25, -0.2) is 9.37 Å². The minimum absolute atomic E-state index is 0.108. The fraction of sp³-hybridized carbons (Fsp3) is 0.481. The molecule has 1 unspecified atom stereocenters. The van der Waals surface area contributed by atoms with E-state index in [4.69, 9.17) is 14.8 Å². The fourth-order valence-corrected chi connectivity index (χ4v) is 5.39. The van der Waals surface area contributed by atoms with Crippen molar-refractivity contribution < 1.29 is 18.7 Å². The van der Waals surface area contributed by atoms with Crippen LogP contribution in [0, 0.1) is 5.82 Å². The lowest BCUT2D eigenvalue weighted by Gasteiger charge is -2.35. The van der Waals surface area contributed by atoms with Gasteiger partial charge in [-0.05, 0) is 50.3 Å². The van der Waals surface area contributed by atoms with Crippen LogP contribution in [0.5, 0.6) is 5.75 Å². The first-order chi connectivity index (χ1) is 18.5. The normalized spacial score (nSPS) is 20.9. The minimum Gasteiger partial charge on any atom is -0.483 e. The molecule has 5 heterocycles. The Bertz CT molecular complexity index is 1370. The highest BCUT2D eigenvalue weighted by Gasteiger charge is 2.33. The number of hydrogen-bond acceptors (Lipinski definition) is 7. The zero-order valence-corrected chi connectivity index (χ0v) is 21.5. The Labute approximate surface area is 220 Å². The largest absolute Gasteiger partial charge is 0.483 e. The van der Waals surface area contributed by atoms with E-state index in [1.54, 1.807) is 4.90 Å². The number of anilines is 2. The molecule has 2 aromatic heterocycles. The third-order valence-corrected chi connectivity index (χ3v) is 7.61. The first-order valence-electron chi connectivity index (χ1n) is 13.3. The number of hydrogen-bond donors (Lipinski definition) is 1. The highest BCUT2D eigenvalue weighted by Crippen LogP contribution is 2.35. The summed E-state index contributed by atoms with van der Waals surface area (Å²) in [6.45, 7) is 3.39. The number of rotatable bonds is 1. The minimum atomic E-state index is -0.535. The van der Waals surface area contributed by atoms with Crippen LogP contribution in [0.15, 0.2) is 30.3 Å². The Morgan fingerprint density at radius 2 is 1.89 bits per heavy atom. The Morgan fingerprint density at radius 1 is 1.03 bits per heavy atom. The second-order valence-corrected chi connectivity index (χ2v) is 10.2. The smallest absolute Gasteiger partial charge is 0.258 e. The Kier molecular flexibility index (Phi) is 6.50. The number of amides is 2. The molecule has 2 amide bonds. The zero-order chi connectivity index (χ0) is 26.2. The van der Waals surface area contributed by atoms with Gasteiger partial charge in [0.2, 0.25) is 0 Å². The number of aromatic nitrogens is 3. The van der Waals surface area contributed by atoms with E-state index < -0.39 is 5.82 Å². The van der Waals surface area contributed by atoms with Gasteiger partial charge in [-0.15, -0.1) is 0 Å². The highest BCUT2D eigenvalue weighted by atomic mass is 19.1. The van der Waals surface area contributed by atoms with E-state index in [2.05, 4.69) is 21.2 Å². The van der Waals surface area contributed by atoms with Crippen LogP contribution in [-0.4, -0.2) is 77.7 Å². The number of halogens is 1. The molecule has 10 nitrogen and oxygen atoms in total. The van der Waals surface area contributed by atoms with Gasteiger partial charge in [-0.2, -0.15) is 9.61 Å². The van der Waals surface area contributed by atoms with Crippen LogP contribution in [0.1, 0.15) is 54.2 Å². The Hall–Kier alpha value is -3.89. The quantitative estimate of drug-likeness (QED) is 0.526. The number of carbonyl (C=O) groups is 2. The predicted molar refractivity (Wildman–Crippen MR) is 140 cm³/mol. The fourth-order valence-electron chi connectivity index (χ4n) is 5.39. The van der Waals surface area contributed by atoms with Crippen molar-refractivity contribution in [3.63, 3.8) is 0 Å². The van der Waals surface area contributed by atoms with E-state index in [1.807, 2.05) is 17.6 Å². The lowest BCUT2D eigenvalue weighted by atomic mass is 9.98. The first-order valence-corrected chi connectivity index (χ1v) is 13.3. The van der Waals surface area contributed by atoms with Crippen molar-refractivity contribution in [3.05, 3.63) is 47.4 Å². The molecule has 200 valence electrons. The molecule has 6 rings (SSSR count). The molecule has 38 heavy (non-hydrogen) atoms. The van der Waals surface area contributed by atoms with Gasteiger partial charge in [0.05, 0.1) is 17.3 Å². The summed E-state index contributed by atoms with van der Waals surface area (Å²) in [4.78, 5) is 37.3. The molecular weight excluding hydrogens is 489 g/mol. The molecule has 0 aliphatic carbocycles. The number of piperidine rings is 1. The SMILES string of the molecule is CN1CCCNC(=O)COc2ccc(F)cc2C(=O)N2CCCCC2c2cc3nc(N4CCC4)cc1n3n2. The average Bonchev–Trinajstić information content (AvgIpc) is 3.32. The van der Waals surface area contributed by atoms with Gasteiger partial charge in [0, 0.05) is 51.9 Å². The maximum atomic E-state index is 14.3. The second kappa shape index (κ2) is 10.1. The average molecular weight is 522 g/mol. The molecule has 1 aromatic carbocycles. The van der Waals surface area contributed by atoms with Gasteiger partial charge >= 0.3 is 0 Å². The second-order valence-electron chi connectivity index (χ2n) is 10.2. The molecule has 0 radical (unpaired) electrons. The summed E-state index contributed by atoms with van der Waals surface area (Å²) in [5.74, 6) is 0.850. The molecule has 0 saturated carbocycles. The number of benzene rings is 1. The zero-order valence-electron chi connectivity index (χ0n) is 21.5. The Morgan fingerprint density at radius 3 is 2.71 bits per heavy atom. The molecule has 11 heteroatoms. The lowest BCUT2D eigenvalue weighted by Crippen LogP contribution is -2.39. The van der Waals surface area contributed by atoms with E-state index >= 15 is 0 Å². The molecule has 2 bridgehead atoms. The van der Waals surface area contributed by atoms with Gasteiger partial charge < -0.3 is 24.8 Å². The van der Waals surface area contributed by atoms with E-state index in [0.717, 1.165) is 68.2 Å². The van der Waals surface area contributed by atoms with Gasteiger partial charge in [-0.3, -0.25) is 9.59 Å². The van der Waals surface area contributed by atoms with Crippen molar-refractivity contribution in [3.8, 4) is 5.75 Å². The molecule has 3 aliphatic heterocycles. The topological polar surface area (TPSA) is 95.3 Å². The summed E-state index contributed by atoms with van der Waals surface area (Å²) >= 11 is 0. The Balaban J connectivity index is 1.45. The summed E-state index contributed by atoms with van der Waals surface area (Å²) in [7, 11) is 2.01. The maximum absolute atomic E-state index is 14.3. The maximum Gasteiger partial charge on any atom is 0.258 e. The van der Waals surface area contributed by atoms with Crippen molar-refractivity contribution >= 4 is 29.1 Å². The van der Waals surface area contributed by atoms with Crippen LogP contribution in [0.25, 0.3) is 5.65 Å². The number of nitrogens with zero attached hydrogens (tertiary/aromatic N) is 6. The summed E-state index contributed by atoms with van der Waals surface area (Å²) in [6, 6.07) is 7.60. The third kappa shape index (κ3) is 4.61. The van der Waals surface area contributed by atoms with Gasteiger partial charge in [0.1, 0.15) is 23.2 Å². The molecule has 0 spiro atoms. The van der Waals surface area contributed by atoms with Crippen LogP contribution >= 0.6 is 0 Å². The molecule has 1 N–H and O–H groups in total. The summed E-state index contributed by atoms with van der Waals surface area (Å²) in [5.41, 5.74) is 1.60. The molecule has 1 atom stereocenters. The molecular formula is C27H32FN7O3. The van der Waals surface area contributed by atoms with Crippen LogP contribution in [0.4, 0.5) is 16.0 Å². The first kappa shape index (κ1) is 24.4. The predicted octanol–water partition coefficient (Wildman–Crippen LogP) is 2.78. The molecule has 2 fully saturated rings. The molecule has 2 saturated heterocycles. The molecule has 3 aliphatic rings. The van der Waals surface area contributed by atoms with Crippen molar-refractivity contribution in [1.29, 1.82) is 0 Å². The number of nitrogens with one attached hydrogen (secondary N) is 1. The van der Waals surface area contributed by atoms with Crippen LogP contribution in [0.3, 0.4) is 0 Å². The van der Waals surface area contributed by atoms with Gasteiger partial charge in [-0.1, -0.05) is 0 Å². The van der Waals surface area contributed by atoms with Crippen molar-refractivity contribution in [2.75, 3.05) is 56.2 Å². The van der Waals surface area contributed by atoms with E-state index in [-0.39, 0.29) is 35.8 Å². The van der Waals surface area contributed by atoms with Gasteiger partial charge in [0.15, 0.2) is 12.3 Å². The number of ether oxygens (including phenoxy) is 1. The van der Waals surface area contributed by atoms with Crippen LogP contribution in [0.2, 0.25) is 0 Å². The summed E-state index contributed by atoms with van der Waals surface area (Å²) < 4.78 is 21.8. The third-order valence-electron chi connectivity index (χ3n) is 7.61. The van der Waals surface area contributed by atoms with Crippen molar-refractivity contribution in [1.82, 2.24) is 24.8 Å². The standard InChI is InChI=1S/C27H32FN7O3/c1-32-10-4-9-29-25(36)17-38-22-8-7-18(28)14-19(22)27(37)34-13-3-2-6-21(34)20-15-24-30-23(33-11-5-12-33)16-26(32)35(24)31-20/h7-8,14-16,21H,2-6,9-13,17H2,1H3,(H,29,36). The molecule has 3 aromatic rings. The summed E-state index contributed by atoms with van der Waals surface area (Å²) in [6.07, 6.45) is 4.40. The van der Waals surface area contributed by atoms with Crippen molar-refractivity contribution in [2.24, 2.45) is 0 Å². The number of fused-ring (bicyclic) bond motifs is 4. The van der Waals surface area contributed by atoms with E-state index in [1.165, 1.54) is 18.2 Å². The van der Waals surface area contributed by atoms with Crippen molar-refractivity contribution in [2.45, 2.75) is 38.1 Å². The monoisotopic (exact) mass is 521 g/mol. The van der Waals surface area contributed by atoms with E-state index in [0.29, 0.717) is 19.6 Å². The number of carbonyl (C=O) groups excluding carboxylic acids is 2. The highest BCUT2D eigenvalue weighted by molar-refractivity contribution is 5.97. The summed E-state index contributed by atoms with van der Waals surface area (Å²) in [5, 5.41) is 7.83. The van der Waals surface area contributed by atoms with E-state index in [9.17, 15) is 14.0 Å². The van der Waals surface area contributed by atoms with Crippen LogP contribution < -0.4 is 19.9 Å². The van der Waals surface area contributed by atoms with Crippen LogP contribution in [-0.2, 0) is 4.79 Å². The van der Waals surface area contributed by atoms with Gasteiger partial charge in [0.25, 0.3) is 11.8 Å². The lowest BCUT2D eigenvalue weighted by molar-refractivity contribution is -0.123.